The average Bonchev–Trinajstić information content (AvgIpc) is 3.09. The molecule has 1 saturated carbocycles. The molecule has 4 nitrogen and oxygen atoms in total. The van der Waals surface area contributed by atoms with Gasteiger partial charge in [-0.3, -0.25) is 10.1 Å². The molecule has 5 heteroatoms. The minimum absolute atomic E-state index is 0.135. The van der Waals surface area contributed by atoms with Gasteiger partial charge >= 0.3 is 0 Å². The SMILES string of the molecule is CC(CNc1cc(Br)ccc1[N+](=O)[O-])C1CC1. The molecular weight excluding hydrogens is 284 g/mol. The van der Waals surface area contributed by atoms with Gasteiger partial charge in [-0.05, 0) is 36.8 Å². The van der Waals surface area contributed by atoms with Crippen molar-refractivity contribution in [1.82, 2.24) is 0 Å². The number of nitro groups is 1. The quantitative estimate of drug-likeness (QED) is 0.664. The molecule has 1 atom stereocenters. The smallest absolute Gasteiger partial charge is 0.292 e. The van der Waals surface area contributed by atoms with Crippen LogP contribution < -0.4 is 5.32 Å². The zero-order valence-corrected chi connectivity index (χ0v) is 11.2. The molecule has 0 amide bonds. The summed E-state index contributed by atoms with van der Waals surface area (Å²) in [5.74, 6) is 1.38. The molecule has 1 N–H and O–H groups in total. The number of nitrogens with one attached hydrogen (secondary N) is 1. The van der Waals surface area contributed by atoms with Crippen molar-refractivity contribution < 1.29 is 4.92 Å². The van der Waals surface area contributed by atoms with E-state index in [0.717, 1.165) is 16.9 Å². The Bertz CT molecular complexity index is 433. The molecule has 0 radical (unpaired) electrons. The molecule has 1 fully saturated rings. The van der Waals surface area contributed by atoms with Crippen LogP contribution in [-0.4, -0.2) is 11.5 Å². The molecule has 0 saturated heterocycles. The maximum atomic E-state index is 10.9. The molecule has 0 bridgehead atoms. The molecule has 2 rings (SSSR count). The van der Waals surface area contributed by atoms with Gasteiger partial charge in [-0.25, -0.2) is 0 Å². The summed E-state index contributed by atoms with van der Waals surface area (Å²) in [6.45, 7) is 2.98. The van der Waals surface area contributed by atoms with E-state index in [1.54, 1.807) is 12.1 Å². The van der Waals surface area contributed by atoms with Crippen LogP contribution in [0.4, 0.5) is 11.4 Å². The topological polar surface area (TPSA) is 55.2 Å². The van der Waals surface area contributed by atoms with Gasteiger partial charge in [0.15, 0.2) is 0 Å². The van der Waals surface area contributed by atoms with E-state index in [2.05, 4.69) is 28.2 Å². The van der Waals surface area contributed by atoms with Gasteiger partial charge in [0.1, 0.15) is 5.69 Å². The highest BCUT2D eigenvalue weighted by molar-refractivity contribution is 9.10. The highest BCUT2D eigenvalue weighted by atomic mass is 79.9. The number of halogens is 1. The van der Waals surface area contributed by atoms with Crippen molar-refractivity contribution in [3.05, 3.63) is 32.8 Å². The van der Waals surface area contributed by atoms with E-state index in [0.29, 0.717) is 11.6 Å². The number of hydrogen-bond donors (Lipinski definition) is 1. The Labute approximate surface area is 109 Å². The standard InChI is InChI=1S/C12H15BrN2O2/c1-8(9-2-3-9)7-14-11-6-10(13)4-5-12(11)15(16)17/h4-6,8-9,14H,2-3,7H2,1H3. The van der Waals surface area contributed by atoms with Crippen molar-refractivity contribution in [3.8, 4) is 0 Å². The van der Waals surface area contributed by atoms with Crippen LogP contribution in [-0.2, 0) is 0 Å². The minimum Gasteiger partial charge on any atom is -0.379 e. The van der Waals surface area contributed by atoms with Gasteiger partial charge in [0, 0.05) is 17.1 Å². The van der Waals surface area contributed by atoms with Crippen molar-refractivity contribution >= 4 is 27.3 Å². The Morgan fingerprint density at radius 1 is 1.59 bits per heavy atom. The van der Waals surface area contributed by atoms with E-state index in [1.165, 1.54) is 18.9 Å². The number of rotatable bonds is 5. The molecule has 1 aromatic carbocycles. The molecule has 0 heterocycles. The molecule has 0 aromatic heterocycles. The summed E-state index contributed by atoms with van der Waals surface area (Å²) >= 11 is 3.33. The number of nitrogens with zero attached hydrogens (tertiary/aromatic N) is 1. The maximum absolute atomic E-state index is 10.9. The van der Waals surface area contributed by atoms with Crippen LogP contribution in [0.25, 0.3) is 0 Å². The van der Waals surface area contributed by atoms with Crippen LogP contribution >= 0.6 is 15.9 Å². The molecule has 1 aliphatic carbocycles. The minimum atomic E-state index is -0.351. The first-order chi connectivity index (χ1) is 8.08. The summed E-state index contributed by atoms with van der Waals surface area (Å²) in [5, 5.41) is 14.1. The predicted octanol–water partition coefficient (Wildman–Crippen LogP) is 3.82. The molecule has 1 aromatic rings. The normalized spacial score (nSPS) is 16.6. The summed E-state index contributed by atoms with van der Waals surface area (Å²) in [6.07, 6.45) is 2.59. The molecular formula is C12H15BrN2O2. The first-order valence-corrected chi connectivity index (χ1v) is 6.55. The third kappa shape index (κ3) is 3.19. The Hall–Kier alpha value is -1.10. The summed E-state index contributed by atoms with van der Waals surface area (Å²) in [7, 11) is 0. The maximum Gasteiger partial charge on any atom is 0.292 e. The van der Waals surface area contributed by atoms with Gasteiger partial charge in [-0.2, -0.15) is 0 Å². The highest BCUT2D eigenvalue weighted by Gasteiger charge is 2.28. The van der Waals surface area contributed by atoms with Gasteiger partial charge in [-0.1, -0.05) is 22.9 Å². The number of nitro benzene ring substituents is 1. The Morgan fingerprint density at radius 3 is 2.88 bits per heavy atom. The Kier molecular flexibility index (Phi) is 3.66. The number of anilines is 1. The average molecular weight is 299 g/mol. The monoisotopic (exact) mass is 298 g/mol. The van der Waals surface area contributed by atoms with Gasteiger partial charge in [0.2, 0.25) is 0 Å². The second-order valence-electron chi connectivity index (χ2n) is 4.61. The molecule has 92 valence electrons. The van der Waals surface area contributed by atoms with E-state index in [1.807, 2.05) is 0 Å². The summed E-state index contributed by atoms with van der Waals surface area (Å²) in [4.78, 5) is 10.5. The van der Waals surface area contributed by atoms with Crippen LogP contribution in [0, 0.1) is 22.0 Å². The van der Waals surface area contributed by atoms with Crippen LogP contribution in [0.2, 0.25) is 0 Å². The van der Waals surface area contributed by atoms with Crippen LogP contribution in [0.15, 0.2) is 22.7 Å². The summed E-state index contributed by atoms with van der Waals surface area (Å²) in [5.41, 5.74) is 0.730. The third-order valence-corrected chi connectivity index (χ3v) is 3.69. The Balaban J connectivity index is 2.07. The van der Waals surface area contributed by atoms with Gasteiger partial charge < -0.3 is 5.32 Å². The lowest BCUT2D eigenvalue weighted by atomic mass is 10.1. The highest BCUT2D eigenvalue weighted by Crippen LogP contribution is 2.37. The van der Waals surface area contributed by atoms with Crippen LogP contribution in [0.5, 0.6) is 0 Å². The van der Waals surface area contributed by atoms with E-state index < -0.39 is 0 Å². The fourth-order valence-electron chi connectivity index (χ4n) is 1.91. The molecule has 1 unspecified atom stereocenters. The Morgan fingerprint density at radius 2 is 2.29 bits per heavy atom. The van der Waals surface area contributed by atoms with E-state index >= 15 is 0 Å². The largest absolute Gasteiger partial charge is 0.379 e. The van der Waals surface area contributed by atoms with Crippen molar-refractivity contribution in [2.24, 2.45) is 11.8 Å². The number of benzene rings is 1. The van der Waals surface area contributed by atoms with Crippen molar-refractivity contribution in [3.63, 3.8) is 0 Å². The molecule has 17 heavy (non-hydrogen) atoms. The lowest BCUT2D eigenvalue weighted by Gasteiger charge is -2.12. The summed E-state index contributed by atoms with van der Waals surface area (Å²) < 4.78 is 0.852. The van der Waals surface area contributed by atoms with E-state index in [9.17, 15) is 10.1 Å². The van der Waals surface area contributed by atoms with Gasteiger partial charge in [-0.15, -0.1) is 0 Å². The number of hydrogen-bond acceptors (Lipinski definition) is 3. The van der Waals surface area contributed by atoms with Gasteiger partial charge in [0.05, 0.1) is 4.92 Å². The summed E-state index contributed by atoms with van der Waals surface area (Å²) in [6, 6.07) is 4.97. The van der Waals surface area contributed by atoms with Crippen molar-refractivity contribution in [1.29, 1.82) is 0 Å². The zero-order chi connectivity index (χ0) is 12.4. The van der Waals surface area contributed by atoms with Crippen molar-refractivity contribution in [2.45, 2.75) is 19.8 Å². The second kappa shape index (κ2) is 5.04. The molecule has 0 spiro atoms. The predicted molar refractivity (Wildman–Crippen MR) is 71.2 cm³/mol. The van der Waals surface area contributed by atoms with E-state index in [4.69, 9.17) is 0 Å². The lowest BCUT2D eigenvalue weighted by molar-refractivity contribution is -0.384. The third-order valence-electron chi connectivity index (χ3n) is 3.20. The molecule has 1 aliphatic rings. The van der Waals surface area contributed by atoms with Crippen molar-refractivity contribution in [2.75, 3.05) is 11.9 Å². The molecule has 0 aliphatic heterocycles. The van der Waals surface area contributed by atoms with Crippen LogP contribution in [0.1, 0.15) is 19.8 Å². The first kappa shape index (κ1) is 12.4. The first-order valence-electron chi connectivity index (χ1n) is 5.75. The lowest BCUT2D eigenvalue weighted by Crippen LogP contribution is -2.13. The fraction of sp³-hybridized carbons (Fsp3) is 0.500. The fourth-order valence-corrected chi connectivity index (χ4v) is 2.27. The van der Waals surface area contributed by atoms with Crippen LogP contribution in [0.3, 0.4) is 0 Å². The van der Waals surface area contributed by atoms with Gasteiger partial charge in [0.25, 0.3) is 5.69 Å². The second-order valence-corrected chi connectivity index (χ2v) is 5.53. The van der Waals surface area contributed by atoms with E-state index in [-0.39, 0.29) is 10.6 Å². The zero-order valence-electron chi connectivity index (χ0n) is 9.65.